The molecule has 0 spiro atoms. The fourth-order valence-electron chi connectivity index (χ4n) is 2.67. The van der Waals surface area contributed by atoms with Crippen LogP contribution in [0.25, 0.3) is 0 Å². The number of ether oxygens (including phenoxy) is 1. The molecule has 0 unspecified atom stereocenters. The number of aryl methyl sites for hydroxylation is 2. The molecule has 22 heavy (non-hydrogen) atoms. The van der Waals surface area contributed by atoms with E-state index in [0.717, 1.165) is 24.3 Å². The van der Waals surface area contributed by atoms with Crippen LogP contribution in [0.15, 0.2) is 48.5 Å². The Hall–Kier alpha value is -1.76. The molecular formula is C21H28O. The predicted octanol–water partition coefficient (Wildman–Crippen LogP) is 6.55. The quantitative estimate of drug-likeness (QED) is 0.476. The lowest BCUT2D eigenvalue weighted by Gasteiger charge is -2.08. The number of hydrogen-bond acceptors (Lipinski definition) is 1. The zero-order valence-electron chi connectivity index (χ0n) is 14.0. The van der Waals surface area contributed by atoms with Crippen molar-refractivity contribution in [3.63, 3.8) is 0 Å². The van der Waals surface area contributed by atoms with Crippen LogP contribution < -0.4 is 4.74 Å². The standard InChI is InChI=1S/C21H28O/c1-3-5-6-7-10-18-13-15-20(16-14-18)22-21-12-8-11-19(17-21)9-4-2/h8,11-17H,3-7,9-10H2,1-2H3. The highest BCUT2D eigenvalue weighted by Crippen LogP contribution is 2.23. The fraction of sp³-hybridized carbons (Fsp3) is 0.429. The summed E-state index contributed by atoms with van der Waals surface area (Å²) in [6.45, 7) is 4.45. The van der Waals surface area contributed by atoms with Crippen molar-refractivity contribution in [2.75, 3.05) is 0 Å². The molecule has 0 radical (unpaired) electrons. The van der Waals surface area contributed by atoms with Gasteiger partial charge in [0.15, 0.2) is 0 Å². The van der Waals surface area contributed by atoms with Gasteiger partial charge in [0.05, 0.1) is 0 Å². The van der Waals surface area contributed by atoms with Crippen LogP contribution in [0.1, 0.15) is 57.1 Å². The molecule has 0 aliphatic rings. The Morgan fingerprint density at radius 3 is 2.23 bits per heavy atom. The Morgan fingerprint density at radius 2 is 1.50 bits per heavy atom. The lowest BCUT2D eigenvalue weighted by molar-refractivity contribution is 0.481. The van der Waals surface area contributed by atoms with Gasteiger partial charge < -0.3 is 4.74 Å². The third-order valence-electron chi connectivity index (χ3n) is 3.92. The van der Waals surface area contributed by atoms with Gasteiger partial charge in [0.2, 0.25) is 0 Å². The fourth-order valence-corrected chi connectivity index (χ4v) is 2.67. The zero-order valence-corrected chi connectivity index (χ0v) is 14.0. The normalized spacial score (nSPS) is 10.6. The Morgan fingerprint density at radius 1 is 0.682 bits per heavy atom. The first kappa shape index (κ1) is 16.6. The maximum atomic E-state index is 5.96. The third kappa shape index (κ3) is 5.55. The van der Waals surface area contributed by atoms with Crippen LogP contribution in [-0.2, 0) is 12.8 Å². The molecule has 2 aromatic carbocycles. The minimum Gasteiger partial charge on any atom is -0.457 e. The molecule has 0 aliphatic carbocycles. The summed E-state index contributed by atoms with van der Waals surface area (Å²) in [5.74, 6) is 1.85. The highest BCUT2D eigenvalue weighted by Gasteiger charge is 2.00. The summed E-state index contributed by atoms with van der Waals surface area (Å²) in [6, 6.07) is 17.0. The van der Waals surface area contributed by atoms with Crippen molar-refractivity contribution in [3.05, 3.63) is 59.7 Å². The highest BCUT2D eigenvalue weighted by atomic mass is 16.5. The molecule has 0 saturated heterocycles. The molecule has 0 heterocycles. The average Bonchev–Trinajstić information content (AvgIpc) is 2.54. The van der Waals surface area contributed by atoms with Gasteiger partial charge in [0.25, 0.3) is 0 Å². The Bertz CT molecular complexity index is 542. The van der Waals surface area contributed by atoms with Crippen LogP contribution in [0.5, 0.6) is 11.5 Å². The van der Waals surface area contributed by atoms with Crippen molar-refractivity contribution in [2.45, 2.75) is 58.8 Å². The Kier molecular flexibility index (Phi) is 7.02. The first-order chi connectivity index (χ1) is 10.8. The molecule has 0 aromatic heterocycles. The molecule has 0 bridgehead atoms. The summed E-state index contributed by atoms with van der Waals surface area (Å²) >= 11 is 0. The molecule has 0 N–H and O–H groups in total. The molecular weight excluding hydrogens is 268 g/mol. The number of rotatable bonds is 9. The second-order valence-corrected chi connectivity index (χ2v) is 5.95. The van der Waals surface area contributed by atoms with Crippen molar-refractivity contribution < 1.29 is 4.74 Å². The second-order valence-electron chi connectivity index (χ2n) is 5.95. The van der Waals surface area contributed by atoms with Gasteiger partial charge in [-0.3, -0.25) is 0 Å². The van der Waals surface area contributed by atoms with E-state index in [1.54, 1.807) is 0 Å². The maximum absolute atomic E-state index is 5.96. The zero-order chi connectivity index (χ0) is 15.6. The van der Waals surface area contributed by atoms with E-state index in [9.17, 15) is 0 Å². The van der Waals surface area contributed by atoms with Gasteiger partial charge >= 0.3 is 0 Å². The van der Waals surface area contributed by atoms with Gasteiger partial charge in [-0.05, 0) is 54.7 Å². The molecule has 0 fully saturated rings. The Labute approximate surface area is 135 Å². The minimum absolute atomic E-state index is 0.922. The molecule has 2 aromatic rings. The monoisotopic (exact) mass is 296 g/mol. The molecule has 118 valence electrons. The molecule has 2 rings (SSSR count). The molecule has 1 nitrogen and oxygen atoms in total. The smallest absolute Gasteiger partial charge is 0.127 e. The van der Waals surface area contributed by atoms with Crippen molar-refractivity contribution in [2.24, 2.45) is 0 Å². The van der Waals surface area contributed by atoms with E-state index >= 15 is 0 Å². The molecule has 0 saturated carbocycles. The average molecular weight is 296 g/mol. The third-order valence-corrected chi connectivity index (χ3v) is 3.92. The highest BCUT2D eigenvalue weighted by molar-refractivity contribution is 5.35. The van der Waals surface area contributed by atoms with E-state index in [1.807, 2.05) is 6.07 Å². The van der Waals surface area contributed by atoms with Gasteiger partial charge in [-0.25, -0.2) is 0 Å². The van der Waals surface area contributed by atoms with Crippen LogP contribution in [0, 0.1) is 0 Å². The van der Waals surface area contributed by atoms with E-state index in [0.29, 0.717) is 0 Å². The van der Waals surface area contributed by atoms with Crippen molar-refractivity contribution >= 4 is 0 Å². The van der Waals surface area contributed by atoms with Crippen LogP contribution in [0.4, 0.5) is 0 Å². The summed E-state index contributed by atoms with van der Waals surface area (Å²) in [4.78, 5) is 0. The van der Waals surface area contributed by atoms with E-state index in [-0.39, 0.29) is 0 Å². The van der Waals surface area contributed by atoms with E-state index < -0.39 is 0 Å². The maximum Gasteiger partial charge on any atom is 0.127 e. The summed E-state index contributed by atoms with van der Waals surface area (Å²) in [5.41, 5.74) is 2.75. The van der Waals surface area contributed by atoms with E-state index in [4.69, 9.17) is 4.74 Å². The summed E-state index contributed by atoms with van der Waals surface area (Å²) in [6.07, 6.45) is 8.70. The number of hydrogen-bond donors (Lipinski definition) is 0. The van der Waals surface area contributed by atoms with E-state index in [1.165, 1.54) is 43.2 Å². The van der Waals surface area contributed by atoms with Crippen molar-refractivity contribution in [1.82, 2.24) is 0 Å². The lowest BCUT2D eigenvalue weighted by Crippen LogP contribution is -1.89. The summed E-state index contributed by atoms with van der Waals surface area (Å²) in [7, 11) is 0. The summed E-state index contributed by atoms with van der Waals surface area (Å²) in [5, 5.41) is 0. The van der Waals surface area contributed by atoms with Gasteiger partial charge in [-0.1, -0.05) is 63.8 Å². The van der Waals surface area contributed by atoms with Crippen molar-refractivity contribution in [3.8, 4) is 11.5 Å². The molecule has 0 aliphatic heterocycles. The Balaban J connectivity index is 1.89. The van der Waals surface area contributed by atoms with Gasteiger partial charge in [-0.2, -0.15) is 0 Å². The first-order valence-electron chi connectivity index (χ1n) is 8.67. The van der Waals surface area contributed by atoms with Gasteiger partial charge in [-0.15, -0.1) is 0 Å². The van der Waals surface area contributed by atoms with Crippen LogP contribution in [0.2, 0.25) is 0 Å². The van der Waals surface area contributed by atoms with Crippen molar-refractivity contribution in [1.29, 1.82) is 0 Å². The van der Waals surface area contributed by atoms with Crippen LogP contribution in [-0.4, -0.2) is 0 Å². The van der Waals surface area contributed by atoms with Gasteiger partial charge in [0.1, 0.15) is 11.5 Å². The van der Waals surface area contributed by atoms with Gasteiger partial charge in [0, 0.05) is 0 Å². The summed E-state index contributed by atoms with van der Waals surface area (Å²) < 4.78 is 5.96. The lowest BCUT2D eigenvalue weighted by atomic mass is 10.1. The van der Waals surface area contributed by atoms with Crippen LogP contribution in [0.3, 0.4) is 0 Å². The number of unbranched alkanes of at least 4 members (excludes halogenated alkanes) is 3. The molecule has 0 amide bonds. The first-order valence-corrected chi connectivity index (χ1v) is 8.67. The topological polar surface area (TPSA) is 9.23 Å². The van der Waals surface area contributed by atoms with E-state index in [2.05, 4.69) is 56.3 Å². The largest absolute Gasteiger partial charge is 0.457 e. The molecule has 1 heteroatoms. The predicted molar refractivity (Wildman–Crippen MR) is 94.8 cm³/mol. The minimum atomic E-state index is 0.922. The molecule has 0 atom stereocenters. The second kappa shape index (κ2) is 9.30. The SMILES string of the molecule is CCCCCCc1ccc(Oc2cccc(CCC)c2)cc1. The van der Waals surface area contributed by atoms with Crippen LogP contribution >= 0.6 is 0 Å². The number of benzene rings is 2.